The molecule has 29 heavy (non-hydrogen) atoms. The van der Waals surface area contributed by atoms with Gasteiger partial charge >= 0.3 is 0 Å². The van der Waals surface area contributed by atoms with Crippen molar-refractivity contribution in [1.29, 1.82) is 0 Å². The Kier molecular flexibility index (Phi) is 5.81. The Morgan fingerprint density at radius 1 is 1.03 bits per heavy atom. The molecule has 4 rings (SSSR count). The monoisotopic (exact) mass is 388 g/mol. The van der Waals surface area contributed by atoms with Gasteiger partial charge in [0.05, 0.1) is 0 Å². The molecule has 2 heterocycles. The first kappa shape index (κ1) is 19.1. The molecule has 6 heteroatoms. The summed E-state index contributed by atoms with van der Waals surface area (Å²) in [5, 5.41) is 12.5. The van der Waals surface area contributed by atoms with Crippen molar-refractivity contribution in [1.82, 2.24) is 9.97 Å². The topological polar surface area (TPSA) is 78.3 Å². The van der Waals surface area contributed by atoms with E-state index in [2.05, 4.69) is 27.3 Å². The SMILES string of the molecule is O=C(CO)c1ccc2c(c1)CCN(c1nccc(NCc3ccccc3)n1)CC2. The van der Waals surface area contributed by atoms with Crippen LogP contribution in [0.3, 0.4) is 0 Å². The van der Waals surface area contributed by atoms with Crippen LogP contribution in [0.15, 0.2) is 60.8 Å². The van der Waals surface area contributed by atoms with Crippen LogP contribution in [0.1, 0.15) is 27.0 Å². The Hall–Kier alpha value is -3.25. The summed E-state index contributed by atoms with van der Waals surface area (Å²) in [4.78, 5) is 23.1. The molecule has 0 unspecified atom stereocenters. The highest BCUT2D eigenvalue weighted by atomic mass is 16.3. The van der Waals surface area contributed by atoms with Crippen molar-refractivity contribution in [2.45, 2.75) is 19.4 Å². The second kappa shape index (κ2) is 8.84. The van der Waals surface area contributed by atoms with Crippen LogP contribution in [0.2, 0.25) is 0 Å². The normalized spacial score (nSPS) is 13.5. The largest absolute Gasteiger partial charge is 0.388 e. The second-order valence-electron chi connectivity index (χ2n) is 7.13. The lowest BCUT2D eigenvalue weighted by Gasteiger charge is -2.20. The number of hydrogen-bond acceptors (Lipinski definition) is 6. The zero-order chi connectivity index (χ0) is 20.1. The number of Topliss-reactive ketones (excluding diaryl/α,β-unsaturated/α-hetero) is 1. The number of aromatic nitrogens is 2. The number of carbonyl (C=O) groups is 1. The molecule has 148 valence electrons. The molecule has 0 atom stereocenters. The minimum atomic E-state index is -0.457. The third-order valence-corrected chi connectivity index (χ3v) is 5.22. The summed E-state index contributed by atoms with van der Waals surface area (Å²) in [6.07, 6.45) is 3.46. The van der Waals surface area contributed by atoms with E-state index >= 15 is 0 Å². The Bertz CT molecular complexity index is 991. The summed E-state index contributed by atoms with van der Waals surface area (Å²) < 4.78 is 0. The van der Waals surface area contributed by atoms with Gasteiger partial charge in [-0.25, -0.2) is 4.98 Å². The minimum absolute atomic E-state index is 0.241. The highest BCUT2D eigenvalue weighted by Crippen LogP contribution is 2.21. The molecule has 1 aromatic heterocycles. The average molecular weight is 388 g/mol. The minimum Gasteiger partial charge on any atom is -0.388 e. The van der Waals surface area contributed by atoms with E-state index in [1.54, 1.807) is 12.3 Å². The number of carbonyl (C=O) groups excluding carboxylic acids is 1. The van der Waals surface area contributed by atoms with Gasteiger partial charge in [0.1, 0.15) is 12.4 Å². The number of nitrogens with one attached hydrogen (secondary N) is 1. The van der Waals surface area contributed by atoms with Crippen molar-refractivity contribution >= 4 is 17.5 Å². The van der Waals surface area contributed by atoms with E-state index in [1.165, 1.54) is 11.1 Å². The highest BCUT2D eigenvalue weighted by molar-refractivity contribution is 5.97. The molecular weight excluding hydrogens is 364 g/mol. The molecule has 0 radical (unpaired) electrons. The molecule has 0 bridgehead atoms. The number of anilines is 2. The van der Waals surface area contributed by atoms with Crippen LogP contribution < -0.4 is 10.2 Å². The molecule has 3 aromatic rings. The fourth-order valence-electron chi connectivity index (χ4n) is 3.58. The standard InChI is InChI=1S/C23H24N4O2/c28-16-21(29)20-7-6-18-9-12-27(13-10-19(18)14-20)23-24-11-8-22(26-23)25-15-17-4-2-1-3-5-17/h1-8,11,14,28H,9-10,12-13,15-16H2,(H,24,25,26). The number of rotatable bonds is 6. The third kappa shape index (κ3) is 4.60. The predicted octanol–water partition coefficient (Wildman–Crippen LogP) is 2.87. The molecule has 0 fully saturated rings. The molecule has 0 spiro atoms. The molecule has 0 saturated carbocycles. The van der Waals surface area contributed by atoms with Gasteiger partial charge in [-0.15, -0.1) is 0 Å². The number of ketones is 1. The van der Waals surface area contributed by atoms with E-state index in [9.17, 15) is 4.79 Å². The first-order valence-corrected chi connectivity index (χ1v) is 9.84. The van der Waals surface area contributed by atoms with Gasteiger partial charge in [0.15, 0.2) is 5.78 Å². The molecule has 1 aliphatic rings. The van der Waals surface area contributed by atoms with Crippen molar-refractivity contribution in [2.24, 2.45) is 0 Å². The van der Waals surface area contributed by atoms with Crippen LogP contribution >= 0.6 is 0 Å². The summed E-state index contributed by atoms with van der Waals surface area (Å²) in [7, 11) is 0. The molecule has 0 aliphatic carbocycles. The summed E-state index contributed by atoms with van der Waals surface area (Å²) in [5.41, 5.74) is 4.17. The van der Waals surface area contributed by atoms with Crippen LogP contribution in [0.25, 0.3) is 0 Å². The van der Waals surface area contributed by atoms with Crippen molar-refractivity contribution in [3.05, 3.63) is 83.0 Å². The number of aliphatic hydroxyl groups excluding tert-OH is 1. The van der Waals surface area contributed by atoms with Crippen LogP contribution in [-0.2, 0) is 19.4 Å². The van der Waals surface area contributed by atoms with Crippen molar-refractivity contribution in [3.63, 3.8) is 0 Å². The number of nitrogens with zero attached hydrogens (tertiary/aromatic N) is 3. The summed E-state index contributed by atoms with van der Waals surface area (Å²) >= 11 is 0. The van der Waals surface area contributed by atoms with Crippen LogP contribution in [0, 0.1) is 0 Å². The molecule has 0 saturated heterocycles. The summed E-state index contributed by atoms with van der Waals surface area (Å²) in [6.45, 7) is 1.86. The highest BCUT2D eigenvalue weighted by Gasteiger charge is 2.18. The van der Waals surface area contributed by atoms with E-state index in [1.807, 2.05) is 36.4 Å². The van der Waals surface area contributed by atoms with E-state index < -0.39 is 6.61 Å². The van der Waals surface area contributed by atoms with Gasteiger partial charge in [0.25, 0.3) is 0 Å². The third-order valence-electron chi connectivity index (χ3n) is 5.22. The maximum atomic E-state index is 11.8. The maximum absolute atomic E-state index is 11.8. The Labute approximate surface area is 170 Å². The number of hydrogen-bond donors (Lipinski definition) is 2. The van der Waals surface area contributed by atoms with Crippen molar-refractivity contribution in [3.8, 4) is 0 Å². The van der Waals surface area contributed by atoms with Gasteiger partial charge in [-0.1, -0.05) is 42.5 Å². The Balaban J connectivity index is 1.44. The predicted molar refractivity (Wildman–Crippen MR) is 113 cm³/mol. The first-order valence-electron chi connectivity index (χ1n) is 9.84. The molecular formula is C23H24N4O2. The Morgan fingerprint density at radius 3 is 2.62 bits per heavy atom. The van der Waals surface area contributed by atoms with Crippen LogP contribution in [0.4, 0.5) is 11.8 Å². The van der Waals surface area contributed by atoms with E-state index in [-0.39, 0.29) is 5.78 Å². The second-order valence-corrected chi connectivity index (χ2v) is 7.13. The Morgan fingerprint density at radius 2 is 1.83 bits per heavy atom. The van der Waals surface area contributed by atoms with Gasteiger partial charge in [-0.05, 0) is 41.7 Å². The molecule has 2 aromatic carbocycles. The van der Waals surface area contributed by atoms with Gasteiger partial charge < -0.3 is 15.3 Å². The van der Waals surface area contributed by atoms with Crippen molar-refractivity contribution < 1.29 is 9.90 Å². The van der Waals surface area contributed by atoms with Gasteiger partial charge in [0.2, 0.25) is 5.95 Å². The fraction of sp³-hybridized carbons (Fsp3) is 0.261. The average Bonchev–Trinajstić information content (AvgIpc) is 3.00. The van der Waals surface area contributed by atoms with Gasteiger partial charge in [0, 0.05) is 31.4 Å². The molecule has 1 aliphatic heterocycles. The van der Waals surface area contributed by atoms with Crippen LogP contribution in [-0.4, -0.2) is 40.6 Å². The summed E-state index contributed by atoms with van der Waals surface area (Å²) in [6, 6.07) is 17.8. The lowest BCUT2D eigenvalue weighted by atomic mass is 9.98. The first-order chi connectivity index (χ1) is 14.2. The van der Waals surface area contributed by atoms with Gasteiger partial charge in [-0.2, -0.15) is 4.98 Å². The van der Waals surface area contributed by atoms with E-state index in [0.717, 1.165) is 37.3 Å². The van der Waals surface area contributed by atoms with Gasteiger partial charge in [-0.3, -0.25) is 4.79 Å². The molecule has 0 amide bonds. The number of aliphatic hydroxyl groups is 1. The van der Waals surface area contributed by atoms with E-state index in [0.29, 0.717) is 18.1 Å². The zero-order valence-corrected chi connectivity index (χ0v) is 16.2. The number of benzene rings is 2. The molecule has 6 nitrogen and oxygen atoms in total. The van der Waals surface area contributed by atoms with Crippen LogP contribution in [0.5, 0.6) is 0 Å². The number of fused-ring (bicyclic) bond motifs is 1. The maximum Gasteiger partial charge on any atom is 0.227 e. The summed E-state index contributed by atoms with van der Waals surface area (Å²) in [5.74, 6) is 1.27. The smallest absolute Gasteiger partial charge is 0.227 e. The quantitative estimate of drug-likeness (QED) is 0.632. The van der Waals surface area contributed by atoms with E-state index in [4.69, 9.17) is 10.1 Å². The zero-order valence-electron chi connectivity index (χ0n) is 16.2. The fourth-order valence-corrected chi connectivity index (χ4v) is 3.58. The lowest BCUT2D eigenvalue weighted by molar-refractivity contribution is 0.0903. The van der Waals surface area contributed by atoms with Crippen molar-refractivity contribution in [2.75, 3.05) is 29.9 Å². The lowest BCUT2D eigenvalue weighted by Crippen LogP contribution is -2.28. The molecule has 2 N–H and O–H groups in total.